The number of rotatable bonds is 3. The van der Waals surface area contributed by atoms with E-state index in [1.165, 1.54) is 23.0 Å². The SMILES string of the molecule is CN1C(=CC=C2CCCC(C=Cc3ccc(O)c(O)c3)=C2Cl)C(C)(C)c2ccccc21. The Balaban J connectivity index is 1.62. The Morgan fingerprint density at radius 3 is 2.48 bits per heavy atom. The van der Waals surface area contributed by atoms with Gasteiger partial charge in [0.05, 0.1) is 0 Å². The lowest BCUT2D eigenvalue weighted by Crippen LogP contribution is -2.22. The zero-order valence-corrected chi connectivity index (χ0v) is 18.9. The number of hydrogen-bond donors (Lipinski definition) is 2. The van der Waals surface area contributed by atoms with Crippen molar-refractivity contribution in [3.8, 4) is 11.5 Å². The van der Waals surface area contributed by atoms with Gasteiger partial charge in [-0.3, -0.25) is 0 Å². The van der Waals surface area contributed by atoms with Crippen molar-refractivity contribution in [2.45, 2.75) is 38.5 Å². The maximum Gasteiger partial charge on any atom is 0.157 e. The number of hydrogen-bond acceptors (Lipinski definition) is 3. The molecular formula is C27H28ClNO2. The van der Waals surface area contributed by atoms with Gasteiger partial charge in [-0.15, -0.1) is 0 Å². The number of nitrogens with zero attached hydrogens (tertiary/aromatic N) is 1. The molecule has 3 nitrogen and oxygen atoms in total. The van der Waals surface area contributed by atoms with Crippen molar-refractivity contribution >= 4 is 23.4 Å². The van der Waals surface area contributed by atoms with Crippen LogP contribution in [0.4, 0.5) is 5.69 Å². The Hall–Kier alpha value is -2.91. The van der Waals surface area contributed by atoms with Crippen molar-refractivity contribution in [2.24, 2.45) is 0 Å². The van der Waals surface area contributed by atoms with E-state index < -0.39 is 0 Å². The fraction of sp³-hybridized carbons (Fsp3) is 0.259. The molecule has 2 aromatic carbocycles. The van der Waals surface area contributed by atoms with E-state index in [4.69, 9.17) is 11.6 Å². The van der Waals surface area contributed by atoms with E-state index in [1.54, 1.807) is 12.1 Å². The number of para-hydroxylation sites is 1. The maximum atomic E-state index is 9.69. The van der Waals surface area contributed by atoms with E-state index in [0.717, 1.165) is 41.0 Å². The van der Waals surface area contributed by atoms with Crippen LogP contribution in [-0.2, 0) is 5.41 Å². The highest BCUT2D eigenvalue weighted by Crippen LogP contribution is 2.46. The number of phenolic OH excluding ortho intramolecular Hbond substituents is 2. The molecule has 0 fully saturated rings. The van der Waals surface area contributed by atoms with Crippen molar-refractivity contribution in [1.82, 2.24) is 0 Å². The molecule has 0 aromatic heterocycles. The van der Waals surface area contributed by atoms with E-state index in [9.17, 15) is 10.2 Å². The first-order chi connectivity index (χ1) is 14.8. The lowest BCUT2D eigenvalue weighted by Gasteiger charge is -2.24. The van der Waals surface area contributed by atoms with Gasteiger partial charge in [-0.05, 0) is 65.8 Å². The van der Waals surface area contributed by atoms with Crippen LogP contribution >= 0.6 is 11.6 Å². The van der Waals surface area contributed by atoms with Crippen molar-refractivity contribution in [3.05, 3.63) is 93.7 Å². The molecule has 4 heteroatoms. The topological polar surface area (TPSA) is 43.7 Å². The third-order valence-corrected chi connectivity index (χ3v) is 6.80. The van der Waals surface area contributed by atoms with Crippen molar-refractivity contribution in [2.75, 3.05) is 11.9 Å². The summed E-state index contributed by atoms with van der Waals surface area (Å²) >= 11 is 6.78. The summed E-state index contributed by atoms with van der Waals surface area (Å²) in [7, 11) is 2.12. The highest BCUT2D eigenvalue weighted by molar-refractivity contribution is 6.32. The van der Waals surface area contributed by atoms with Gasteiger partial charge in [0.25, 0.3) is 0 Å². The third kappa shape index (κ3) is 4.03. The van der Waals surface area contributed by atoms with Crippen LogP contribution in [0.2, 0.25) is 0 Å². The van der Waals surface area contributed by atoms with Gasteiger partial charge in [0, 0.05) is 28.9 Å². The fourth-order valence-corrected chi connectivity index (χ4v) is 4.85. The monoisotopic (exact) mass is 433 g/mol. The molecule has 0 spiro atoms. The molecule has 160 valence electrons. The molecule has 0 bridgehead atoms. The van der Waals surface area contributed by atoms with Crippen LogP contribution in [0.3, 0.4) is 0 Å². The second-order valence-corrected chi connectivity index (χ2v) is 9.10. The largest absolute Gasteiger partial charge is 0.504 e. The first-order valence-corrected chi connectivity index (χ1v) is 11.0. The molecule has 2 aliphatic rings. The summed E-state index contributed by atoms with van der Waals surface area (Å²) in [6.07, 6.45) is 11.2. The smallest absolute Gasteiger partial charge is 0.157 e. The molecule has 0 saturated carbocycles. The van der Waals surface area contributed by atoms with Gasteiger partial charge in [0.2, 0.25) is 0 Å². The Morgan fingerprint density at radius 1 is 0.968 bits per heavy atom. The van der Waals surface area contributed by atoms with Crippen LogP contribution in [0, 0.1) is 0 Å². The van der Waals surface area contributed by atoms with Gasteiger partial charge in [0.1, 0.15) is 0 Å². The van der Waals surface area contributed by atoms with Crippen LogP contribution in [0.5, 0.6) is 11.5 Å². The van der Waals surface area contributed by atoms with Crippen molar-refractivity contribution in [3.63, 3.8) is 0 Å². The Bertz CT molecular complexity index is 1140. The number of aromatic hydroxyl groups is 2. The summed E-state index contributed by atoms with van der Waals surface area (Å²) in [4.78, 5) is 2.27. The summed E-state index contributed by atoms with van der Waals surface area (Å²) in [6, 6.07) is 13.4. The quantitative estimate of drug-likeness (QED) is 0.511. The highest BCUT2D eigenvalue weighted by atomic mass is 35.5. The predicted octanol–water partition coefficient (Wildman–Crippen LogP) is 7.03. The molecule has 2 N–H and O–H groups in total. The molecule has 0 radical (unpaired) electrons. The molecule has 0 amide bonds. The Kier molecular flexibility index (Phi) is 5.72. The van der Waals surface area contributed by atoms with E-state index in [-0.39, 0.29) is 16.9 Å². The fourth-order valence-electron chi connectivity index (χ4n) is 4.53. The second kappa shape index (κ2) is 8.32. The Labute approximate surface area is 189 Å². The molecule has 1 heterocycles. The molecule has 1 aliphatic heterocycles. The standard InChI is InChI=1S/C27H28ClNO2/c1-27(2)21-9-4-5-10-22(21)29(3)25(27)16-14-20-8-6-7-19(26(20)28)13-11-18-12-15-23(30)24(31)17-18/h4-5,9-17,30-31H,6-8H2,1-3H3. The molecule has 4 rings (SSSR count). The van der Waals surface area contributed by atoms with Crippen LogP contribution in [0.25, 0.3) is 6.08 Å². The zero-order valence-electron chi connectivity index (χ0n) is 18.2. The minimum Gasteiger partial charge on any atom is -0.504 e. The number of likely N-dealkylation sites (N-methyl/N-ethyl adjacent to an activating group) is 1. The second-order valence-electron chi connectivity index (χ2n) is 8.72. The third-order valence-electron chi connectivity index (χ3n) is 6.32. The molecule has 0 unspecified atom stereocenters. The molecule has 0 saturated heterocycles. The van der Waals surface area contributed by atoms with E-state index in [0.29, 0.717) is 0 Å². The molecule has 0 atom stereocenters. The number of fused-ring (bicyclic) bond motifs is 1. The van der Waals surface area contributed by atoms with Gasteiger partial charge >= 0.3 is 0 Å². The van der Waals surface area contributed by atoms with Crippen LogP contribution in [-0.4, -0.2) is 17.3 Å². The summed E-state index contributed by atoms with van der Waals surface area (Å²) in [5.74, 6) is -0.241. The zero-order chi connectivity index (χ0) is 22.2. The summed E-state index contributed by atoms with van der Waals surface area (Å²) in [5.41, 5.74) is 6.85. The number of allylic oxidation sites excluding steroid dienone is 7. The van der Waals surface area contributed by atoms with Crippen molar-refractivity contribution < 1.29 is 10.2 Å². The first-order valence-electron chi connectivity index (χ1n) is 10.6. The van der Waals surface area contributed by atoms with Crippen LogP contribution in [0.1, 0.15) is 44.2 Å². The van der Waals surface area contributed by atoms with E-state index in [2.05, 4.69) is 62.2 Å². The average molecular weight is 434 g/mol. The van der Waals surface area contributed by atoms with Gasteiger partial charge < -0.3 is 15.1 Å². The van der Waals surface area contributed by atoms with Gasteiger partial charge in [0.15, 0.2) is 11.5 Å². The molecule has 1 aliphatic carbocycles. The van der Waals surface area contributed by atoms with E-state index >= 15 is 0 Å². The number of benzene rings is 2. The van der Waals surface area contributed by atoms with Crippen LogP contribution < -0.4 is 4.90 Å². The summed E-state index contributed by atoms with van der Waals surface area (Å²) < 4.78 is 0. The Morgan fingerprint density at radius 2 is 1.74 bits per heavy atom. The van der Waals surface area contributed by atoms with Crippen molar-refractivity contribution in [1.29, 1.82) is 0 Å². The van der Waals surface area contributed by atoms with Gasteiger partial charge in [-0.1, -0.05) is 67.9 Å². The normalized spacial score (nSPS) is 20.8. The van der Waals surface area contributed by atoms with E-state index in [1.807, 2.05) is 12.2 Å². The van der Waals surface area contributed by atoms with Gasteiger partial charge in [-0.25, -0.2) is 0 Å². The summed E-state index contributed by atoms with van der Waals surface area (Å²) in [6.45, 7) is 4.53. The predicted molar refractivity (Wildman–Crippen MR) is 130 cm³/mol. The molecular weight excluding hydrogens is 406 g/mol. The van der Waals surface area contributed by atoms with Gasteiger partial charge in [-0.2, -0.15) is 0 Å². The number of halogens is 1. The minimum absolute atomic E-state index is 0.0587. The first kappa shape index (κ1) is 21.3. The minimum atomic E-state index is -0.123. The molecule has 31 heavy (non-hydrogen) atoms. The summed E-state index contributed by atoms with van der Waals surface area (Å²) in [5, 5.41) is 20.0. The maximum absolute atomic E-state index is 9.69. The lowest BCUT2D eigenvalue weighted by atomic mass is 9.83. The lowest BCUT2D eigenvalue weighted by molar-refractivity contribution is 0.403. The highest BCUT2D eigenvalue weighted by Gasteiger charge is 2.37. The average Bonchev–Trinajstić information content (AvgIpc) is 2.95. The molecule has 2 aromatic rings. The van der Waals surface area contributed by atoms with Crippen LogP contribution in [0.15, 0.2) is 82.6 Å². The number of anilines is 1. The number of phenols is 2.